The molecule has 2 aromatic carbocycles. The molecule has 6 nitrogen and oxygen atoms in total. The van der Waals surface area contributed by atoms with Gasteiger partial charge in [0.1, 0.15) is 4.90 Å². The number of nitrogens with one attached hydrogen (secondary N) is 1. The largest absolute Gasteiger partial charge is 0.353 e. The van der Waals surface area contributed by atoms with E-state index in [1.165, 1.54) is 12.1 Å². The molecule has 0 aliphatic carbocycles. The average Bonchev–Trinajstić information content (AvgIpc) is 2.36. The summed E-state index contributed by atoms with van der Waals surface area (Å²) in [7, 11) is -3.77. The Morgan fingerprint density at radius 1 is 1.10 bits per heavy atom. The van der Waals surface area contributed by atoms with Crippen molar-refractivity contribution in [1.29, 1.82) is 0 Å². The van der Waals surface area contributed by atoms with Crippen LogP contribution in [0.5, 0.6) is 0 Å². The van der Waals surface area contributed by atoms with Crippen molar-refractivity contribution in [2.24, 2.45) is 0 Å². The molecule has 0 saturated heterocycles. The summed E-state index contributed by atoms with van der Waals surface area (Å²) >= 11 is 0. The summed E-state index contributed by atoms with van der Waals surface area (Å²) in [6.07, 6.45) is 0. The van der Waals surface area contributed by atoms with Crippen LogP contribution in [-0.4, -0.2) is 13.3 Å². The molecule has 0 aromatic heterocycles. The summed E-state index contributed by atoms with van der Waals surface area (Å²) in [5, 5.41) is 13.9. The molecule has 0 spiro atoms. The zero-order chi connectivity index (χ0) is 15.4. The van der Waals surface area contributed by atoms with Crippen molar-refractivity contribution in [3.8, 4) is 0 Å². The third kappa shape index (κ3) is 1.97. The highest BCUT2D eigenvalue weighted by atomic mass is 32.2. The van der Waals surface area contributed by atoms with Gasteiger partial charge in [0.15, 0.2) is 0 Å². The lowest BCUT2D eigenvalue weighted by molar-refractivity contribution is -0.385. The minimum atomic E-state index is -3.77. The van der Waals surface area contributed by atoms with E-state index >= 15 is 0 Å². The molecule has 0 atom stereocenters. The monoisotopic (exact) mass is 304 g/mol. The second kappa shape index (κ2) is 4.29. The number of rotatable bonds is 1. The number of benzene rings is 2. The Hall–Kier alpha value is -2.41. The van der Waals surface area contributed by atoms with Crippen LogP contribution >= 0.6 is 0 Å². The Morgan fingerprint density at radius 3 is 2.48 bits per heavy atom. The summed E-state index contributed by atoms with van der Waals surface area (Å²) in [4.78, 5) is 10.4. The normalized spacial score (nSPS) is 14.8. The van der Waals surface area contributed by atoms with E-state index < -0.39 is 14.8 Å². The molecular formula is C14H12N2O4S. The van der Waals surface area contributed by atoms with Crippen molar-refractivity contribution >= 4 is 26.9 Å². The van der Waals surface area contributed by atoms with Crippen LogP contribution in [0.3, 0.4) is 0 Å². The van der Waals surface area contributed by atoms with Gasteiger partial charge in [-0.2, -0.15) is 0 Å². The van der Waals surface area contributed by atoms with Gasteiger partial charge in [0.25, 0.3) is 5.69 Å². The molecule has 1 aliphatic rings. The minimum Gasteiger partial charge on any atom is -0.353 e. The third-order valence-corrected chi connectivity index (χ3v) is 5.42. The van der Waals surface area contributed by atoms with Crippen molar-refractivity contribution in [2.75, 3.05) is 5.32 Å². The molecule has 21 heavy (non-hydrogen) atoms. The van der Waals surface area contributed by atoms with Crippen LogP contribution in [0.1, 0.15) is 11.1 Å². The molecule has 0 amide bonds. The lowest BCUT2D eigenvalue weighted by Crippen LogP contribution is -2.15. The highest BCUT2D eigenvalue weighted by molar-refractivity contribution is 7.92. The van der Waals surface area contributed by atoms with Gasteiger partial charge < -0.3 is 5.32 Å². The molecule has 1 N–H and O–H groups in total. The average molecular weight is 304 g/mol. The van der Waals surface area contributed by atoms with Gasteiger partial charge in [-0.25, -0.2) is 8.42 Å². The highest BCUT2D eigenvalue weighted by Gasteiger charge is 2.32. The Labute approximate surface area is 121 Å². The van der Waals surface area contributed by atoms with Crippen LogP contribution < -0.4 is 5.32 Å². The van der Waals surface area contributed by atoms with Gasteiger partial charge in [-0.05, 0) is 37.1 Å². The predicted octanol–water partition coefficient (Wildman–Crippen LogP) is 3.10. The Balaban J connectivity index is 2.32. The van der Waals surface area contributed by atoms with E-state index in [0.717, 1.165) is 11.6 Å². The predicted molar refractivity (Wildman–Crippen MR) is 77.7 cm³/mol. The van der Waals surface area contributed by atoms with Crippen LogP contribution in [0.2, 0.25) is 0 Å². The first-order valence-corrected chi connectivity index (χ1v) is 7.71. The van der Waals surface area contributed by atoms with E-state index in [2.05, 4.69) is 5.32 Å². The summed E-state index contributed by atoms with van der Waals surface area (Å²) < 4.78 is 25.5. The smallest absolute Gasteiger partial charge is 0.270 e. The van der Waals surface area contributed by atoms with Crippen LogP contribution in [0.25, 0.3) is 0 Å². The molecule has 0 radical (unpaired) electrons. The lowest BCUT2D eigenvalue weighted by atomic mass is 10.1. The molecule has 1 aliphatic heterocycles. The molecular weight excluding hydrogens is 292 g/mol. The Bertz CT molecular complexity index is 888. The first-order chi connectivity index (χ1) is 9.80. The zero-order valence-corrected chi connectivity index (χ0v) is 12.2. The number of hydrogen-bond donors (Lipinski definition) is 1. The number of nitrogens with zero attached hydrogens (tertiary/aromatic N) is 1. The molecule has 3 rings (SSSR count). The third-order valence-electron chi connectivity index (χ3n) is 3.42. The van der Waals surface area contributed by atoms with Crippen molar-refractivity contribution in [2.45, 2.75) is 23.6 Å². The first kappa shape index (κ1) is 13.6. The van der Waals surface area contributed by atoms with Crippen LogP contribution in [0.15, 0.2) is 40.1 Å². The molecule has 108 valence electrons. The van der Waals surface area contributed by atoms with Gasteiger partial charge in [0.05, 0.1) is 21.2 Å². The van der Waals surface area contributed by atoms with Crippen molar-refractivity contribution in [1.82, 2.24) is 0 Å². The minimum absolute atomic E-state index is 0.0591. The Kier molecular flexibility index (Phi) is 2.77. The number of nitro groups is 1. The van der Waals surface area contributed by atoms with Crippen LogP contribution in [0.4, 0.5) is 17.1 Å². The van der Waals surface area contributed by atoms with Gasteiger partial charge in [0, 0.05) is 12.1 Å². The summed E-state index contributed by atoms with van der Waals surface area (Å²) in [5.41, 5.74) is 2.19. The van der Waals surface area contributed by atoms with E-state index in [0.29, 0.717) is 16.9 Å². The van der Waals surface area contributed by atoms with Crippen LogP contribution in [-0.2, 0) is 9.84 Å². The molecule has 0 bridgehead atoms. The lowest BCUT2D eigenvalue weighted by Gasteiger charge is -2.23. The van der Waals surface area contributed by atoms with E-state index in [4.69, 9.17) is 0 Å². The molecule has 0 saturated carbocycles. The SMILES string of the molecule is Cc1cc(C)c2c(c1)Nc1ccc([N+](=O)[O-])cc1S2(=O)=O. The number of nitro benzene ring substituents is 1. The van der Waals surface area contributed by atoms with E-state index in [1.54, 1.807) is 19.1 Å². The topological polar surface area (TPSA) is 89.3 Å². The fourth-order valence-electron chi connectivity index (χ4n) is 2.61. The van der Waals surface area contributed by atoms with E-state index in [-0.39, 0.29) is 15.5 Å². The van der Waals surface area contributed by atoms with Crippen molar-refractivity contribution in [3.05, 3.63) is 51.6 Å². The van der Waals surface area contributed by atoms with E-state index in [1.807, 2.05) is 6.92 Å². The van der Waals surface area contributed by atoms with Gasteiger partial charge in [0.2, 0.25) is 9.84 Å². The number of fused-ring (bicyclic) bond motifs is 2. The van der Waals surface area contributed by atoms with Crippen molar-refractivity contribution < 1.29 is 13.3 Å². The van der Waals surface area contributed by atoms with Crippen LogP contribution in [0, 0.1) is 24.0 Å². The molecule has 0 unspecified atom stereocenters. The van der Waals surface area contributed by atoms with E-state index in [9.17, 15) is 18.5 Å². The molecule has 7 heteroatoms. The van der Waals surface area contributed by atoms with Gasteiger partial charge >= 0.3 is 0 Å². The quantitative estimate of drug-likeness (QED) is 0.551. The molecule has 0 fully saturated rings. The second-order valence-electron chi connectivity index (χ2n) is 5.02. The second-order valence-corrected chi connectivity index (χ2v) is 6.88. The van der Waals surface area contributed by atoms with Gasteiger partial charge in [-0.3, -0.25) is 10.1 Å². The van der Waals surface area contributed by atoms with Gasteiger partial charge in [-0.15, -0.1) is 0 Å². The van der Waals surface area contributed by atoms with Crippen molar-refractivity contribution in [3.63, 3.8) is 0 Å². The zero-order valence-electron chi connectivity index (χ0n) is 11.4. The number of sulfone groups is 1. The number of hydrogen-bond acceptors (Lipinski definition) is 5. The highest BCUT2D eigenvalue weighted by Crippen LogP contribution is 2.42. The summed E-state index contributed by atoms with van der Waals surface area (Å²) in [6.45, 7) is 3.60. The standard InChI is InChI=1S/C14H12N2O4S/c1-8-5-9(2)14-12(6-8)15-11-4-3-10(16(17)18)7-13(11)21(14,19)20/h3-7,15H,1-2H3. The maximum atomic E-state index is 12.7. The fourth-order valence-corrected chi connectivity index (χ4v) is 4.40. The fraction of sp³-hybridized carbons (Fsp3) is 0.143. The summed E-state index contributed by atoms with van der Waals surface area (Å²) in [5.74, 6) is 0. The Morgan fingerprint density at radius 2 is 1.81 bits per heavy atom. The number of aryl methyl sites for hydroxylation is 2. The number of non-ortho nitro benzene ring substituents is 1. The summed E-state index contributed by atoms with van der Waals surface area (Å²) in [6, 6.07) is 7.34. The first-order valence-electron chi connectivity index (χ1n) is 6.22. The van der Waals surface area contributed by atoms with Gasteiger partial charge in [-0.1, -0.05) is 6.07 Å². The number of anilines is 2. The maximum Gasteiger partial charge on any atom is 0.270 e. The molecule has 1 heterocycles. The maximum absolute atomic E-state index is 12.7. The molecule has 2 aromatic rings.